The molecule has 0 unspecified atom stereocenters. The van der Waals surface area contributed by atoms with Gasteiger partial charge in [0.2, 0.25) is 0 Å². The number of hydrogen-bond acceptors (Lipinski definition) is 3. The number of carbonyl (C=O) groups is 2. The summed E-state index contributed by atoms with van der Waals surface area (Å²) in [7, 11) is 1.35. The van der Waals surface area contributed by atoms with E-state index >= 15 is 0 Å². The second-order valence-corrected chi connectivity index (χ2v) is 8.72. The molecule has 4 nitrogen and oxygen atoms in total. The molecule has 0 atom stereocenters. The molecule has 176 valence electrons. The summed E-state index contributed by atoms with van der Waals surface area (Å²) >= 11 is 0. The lowest BCUT2D eigenvalue weighted by Crippen LogP contribution is -2.08. The van der Waals surface area contributed by atoms with E-state index in [-0.39, 0.29) is 5.56 Å². The predicted molar refractivity (Wildman–Crippen MR) is 128 cm³/mol. The second-order valence-electron chi connectivity index (χ2n) is 8.72. The minimum Gasteiger partial charge on any atom is -0.478 e. The van der Waals surface area contributed by atoms with Gasteiger partial charge < -0.3 is 9.84 Å². The molecule has 4 heteroatoms. The number of rotatable bonds is 19. The third kappa shape index (κ3) is 12.6. The zero-order valence-electron chi connectivity index (χ0n) is 19.9. The maximum absolute atomic E-state index is 11.9. The van der Waals surface area contributed by atoms with Gasteiger partial charge in [0.1, 0.15) is 0 Å². The van der Waals surface area contributed by atoms with Gasteiger partial charge in [-0.15, -0.1) is 0 Å². The van der Waals surface area contributed by atoms with Crippen molar-refractivity contribution in [2.75, 3.05) is 7.11 Å². The van der Waals surface area contributed by atoms with E-state index in [1.54, 1.807) is 12.1 Å². The molecular weight excluding hydrogens is 388 g/mol. The van der Waals surface area contributed by atoms with Gasteiger partial charge in [-0.1, -0.05) is 103 Å². The number of hydrogen-bond donors (Lipinski definition) is 1. The molecule has 0 aliphatic heterocycles. The Hall–Kier alpha value is -1.84. The highest BCUT2D eigenvalue weighted by atomic mass is 16.5. The van der Waals surface area contributed by atoms with E-state index in [2.05, 4.69) is 6.92 Å². The molecule has 0 fully saturated rings. The molecule has 1 N–H and O–H groups in total. The van der Waals surface area contributed by atoms with Gasteiger partial charge in [0.15, 0.2) is 0 Å². The monoisotopic (exact) mass is 432 g/mol. The van der Waals surface area contributed by atoms with Crippen LogP contribution in [-0.4, -0.2) is 24.2 Å². The molecular formula is C27H44O4. The maximum Gasteiger partial charge on any atom is 0.338 e. The zero-order chi connectivity index (χ0) is 22.7. The number of esters is 1. The summed E-state index contributed by atoms with van der Waals surface area (Å²) in [5.41, 5.74) is 1.48. The topological polar surface area (TPSA) is 63.6 Å². The quantitative estimate of drug-likeness (QED) is 0.178. The first kappa shape index (κ1) is 27.2. The third-order valence-corrected chi connectivity index (χ3v) is 6.06. The van der Waals surface area contributed by atoms with Crippen LogP contribution in [0, 0.1) is 0 Å². The van der Waals surface area contributed by atoms with Crippen molar-refractivity contribution in [3.8, 4) is 0 Å². The number of benzene rings is 1. The fraction of sp³-hybridized carbons (Fsp3) is 0.704. The molecule has 0 bridgehead atoms. The fourth-order valence-corrected chi connectivity index (χ4v) is 4.11. The number of aryl methyl sites for hydroxylation is 1. The van der Waals surface area contributed by atoms with Crippen molar-refractivity contribution in [2.24, 2.45) is 0 Å². The minimum atomic E-state index is -0.968. The van der Waals surface area contributed by atoms with Crippen molar-refractivity contribution in [1.82, 2.24) is 0 Å². The lowest BCUT2D eigenvalue weighted by molar-refractivity contribution is 0.0597. The molecule has 0 amide bonds. The molecule has 1 aromatic carbocycles. The van der Waals surface area contributed by atoms with Crippen molar-refractivity contribution < 1.29 is 19.4 Å². The highest BCUT2D eigenvalue weighted by Gasteiger charge is 2.14. The van der Waals surface area contributed by atoms with Gasteiger partial charge in [-0.2, -0.15) is 0 Å². The van der Waals surface area contributed by atoms with Crippen LogP contribution in [0.5, 0.6) is 0 Å². The Morgan fingerprint density at radius 2 is 1.19 bits per heavy atom. The van der Waals surface area contributed by atoms with E-state index < -0.39 is 11.9 Å². The third-order valence-electron chi connectivity index (χ3n) is 6.06. The zero-order valence-corrected chi connectivity index (χ0v) is 19.9. The first-order chi connectivity index (χ1) is 15.1. The first-order valence-corrected chi connectivity index (χ1v) is 12.5. The Morgan fingerprint density at radius 1 is 0.742 bits per heavy atom. The molecule has 0 spiro atoms. The summed E-state index contributed by atoms with van der Waals surface area (Å²) in [5, 5.41) is 9.19. The Kier molecular flexibility index (Phi) is 15.6. The van der Waals surface area contributed by atoms with Crippen LogP contribution in [-0.2, 0) is 11.2 Å². The van der Waals surface area contributed by atoms with Crippen molar-refractivity contribution in [2.45, 2.75) is 116 Å². The van der Waals surface area contributed by atoms with Gasteiger partial charge in [-0.05, 0) is 36.6 Å². The summed E-state index contributed by atoms with van der Waals surface area (Å²) in [6.07, 6.45) is 21.8. The van der Waals surface area contributed by atoms with Gasteiger partial charge in [0.05, 0.1) is 18.2 Å². The molecule has 0 aromatic heterocycles. The second kappa shape index (κ2) is 17.8. The van der Waals surface area contributed by atoms with E-state index in [0.29, 0.717) is 12.0 Å². The number of unbranched alkanes of at least 4 members (excludes halogenated alkanes) is 15. The van der Waals surface area contributed by atoms with Crippen molar-refractivity contribution in [3.63, 3.8) is 0 Å². The van der Waals surface area contributed by atoms with Crippen molar-refractivity contribution >= 4 is 11.9 Å². The van der Waals surface area contributed by atoms with Gasteiger partial charge in [0.25, 0.3) is 0 Å². The molecule has 1 aromatic rings. The Bertz CT molecular complexity index is 624. The van der Waals surface area contributed by atoms with Crippen LogP contribution in [0.15, 0.2) is 18.2 Å². The smallest absolute Gasteiger partial charge is 0.338 e. The van der Waals surface area contributed by atoms with Crippen LogP contribution in [0.25, 0.3) is 0 Å². The average molecular weight is 433 g/mol. The minimum absolute atomic E-state index is 0.221. The van der Waals surface area contributed by atoms with Gasteiger partial charge >= 0.3 is 11.9 Å². The predicted octanol–water partition coefficient (Wildman–Crippen LogP) is 7.98. The summed E-state index contributed by atoms with van der Waals surface area (Å²) in [6, 6.07) is 4.64. The summed E-state index contributed by atoms with van der Waals surface area (Å²) in [6.45, 7) is 2.27. The summed E-state index contributed by atoms with van der Waals surface area (Å²) in [4.78, 5) is 23.1. The fourth-order valence-electron chi connectivity index (χ4n) is 4.11. The number of carboxylic acids is 1. The lowest BCUT2D eigenvalue weighted by atomic mass is 9.98. The van der Waals surface area contributed by atoms with Crippen LogP contribution in [0.1, 0.15) is 136 Å². The molecule has 0 aliphatic carbocycles. The maximum atomic E-state index is 11.9. The summed E-state index contributed by atoms with van der Waals surface area (Å²) in [5.74, 6) is -1.37. The Labute approximate surface area is 189 Å². The van der Waals surface area contributed by atoms with Gasteiger partial charge in [0, 0.05) is 0 Å². The SMILES string of the molecule is CCCCCCCCCCCCCCCCCCc1cc(C(=O)O)ccc1C(=O)OC. The highest BCUT2D eigenvalue weighted by molar-refractivity contribution is 5.94. The molecule has 31 heavy (non-hydrogen) atoms. The normalized spacial score (nSPS) is 10.9. The Morgan fingerprint density at radius 3 is 1.61 bits per heavy atom. The van der Waals surface area contributed by atoms with Gasteiger partial charge in [-0.25, -0.2) is 9.59 Å². The Balaban J connectivity index is 2.07. The van der Waals surface area contributed by atoms with Crippen LogP contribution in [0.4, 0.5) is 0 Å². The number of methoxy groups -OCH3 is 1. The molecule has 1 rings (SSSR count). The van der Waals surface area contributed by atoms with E-state index in [1.807, 2.05) is 0 Å². The van der Waals surface area contributed by atoms with Crippen LogP contribution in [0.3, 0.4) is 0 Å². The number of ether oxygens (including phenoxy) is 1. The molecule has 0 aliphatic rings. The molecule has 0 saturated heterocycles. The van der Waals surface area contributed by atoms with E-state index in [1.165, 1.54) is 103 Å². The van der Waals surface area contributed by atoms with E-state index in [4.69, 9.17) is 4.74 Å². The van der Waals surface area contributed by atoms with Crippen LogP contribution in [0.2, 0.25) is 0 Å². The number of carbonyl (C=O) groups excluding carboxylic acids is 1. The molecule has 0 radical (unpaired) electrons. The lowest BCUT2D eigenvalue weighted by Gasteiger charge is -2.09. The van der Waals surface area contributed by atoms with Crippen LogP contribution < -0.4 is 0 Å². The molecule has 0 saturated carbocycles. The van der Waals surface area contributed by atoms with E-state index in [9.17, 15) is 14.7 Å². The van der Waals surface area contributed by atoms with Gasteiger partial charge in [-0.3, -0.25) is 0 Å². The first-order valence-electron chi connectivity index (χ1n) is 12.5. The largest absolute Gasteiger partial charge is 0.478 e. The summed E-state index contributed by atoms with van der Waals surface area (Å²) < 4.78 is 4.82. The van der Waals surface area contributed by atoms with Crippen LogP contribution >= 0.6 is 0 Å². The highest BCUT2D eigenvalue weighted by Crippen LogP contribution is 2.18. The van der Waals surface area contributed by atoms with Crippen molar-refractivity contribution in [3.05, 3.63) is 34.9 Å². The standard InChI is InChI=1S/C27H44O4/c1-3-4-5-6-7-8-9-10-11-12-13-14-15-16-17-18-19-23-22-24(26(28)29)20-21-25(23)27(30)31-2/h20-22H,3-19H2,1-2H3,(H,28,29). The average Bonchev–Trinajstić information content (AvgIpc) is 2.78. The number of carboxylic acid groups (broad SMARTS) is 1. The van der Waals surface area contributed by atoms with Crippen molar-refractivity contribution in [1.29, 1.82) is 0 Å². The number of aromatic carboxylic acids is 1. The molecule has 0 heterocycles. The van der Waals surface area contributed by atoms with E-state index in [0.717, 1.165) is 18.4 Å².